The maximum absolute atomic E-state index is 11.7. The lowest BCUT2D eigenvalue weighted by atomic mass is 10.3. The summed E-state index contributed by atoms with van der Waals surface area (Å²) < 4.78 is 0. The Kier molecular flexibility index (Phi) is 4.90. The molecule has 0 radical (unpaired) electrons. The maximum atomic E-state index is 11.7. The zero-order valence-electron chi connectivity index (χ0n) is 9.25. The minimum Gasteiger partial charge on any atom is -0.341 e. The molecule has 0 aromatic carbocycles. The first kappa shape index (κ1) is 11.5. The Morgan fingerprint density at radius 2 is 2.21 bits per heavy atom. The van der Waals surface area contributed by atoms with Crippen LogP contribution in [-0.4, -0.2) is 62.5 Å². The van der Waals surface area contributed by atoms with Crippen LogP contribution in [0.25, 0.3) is 0 Å². The van der Waals surface area contributed by atoms with Gasteiger partial charge in [-0.2, -0.15) is 0 Å². The molecule has 0 saturated carbocycles. The Hall–Kier alpha value is -0.610. The molecule has 4 nitrogen and oxygen atoms in total. The van der Waals surface area contributed by atoms with Crippen molar-refractivity contribution in [2.45, 2.75) is 12.8 Å². The van der Waals surface area contributed by atoms with Gasteiger partial charge >= 0.3 is 0 Å². The van der Waals surface area contributed by atoms with Gasteiger partial charge in [0.25, 0.3) is 0 Å². The van der Waals surface area contributed by atoms with Crippen molar-refractivity contribution in [2.24, 2.45) is 0 Å². The third-order valence-electron chi connectivity index (χ3n) is 2.58. The van der Waals surface area contributed by atoms with Crippen LogP contribution in [0, 0.1) is 0 Å². The number of carbonyl (C=O) groups is 1. The molecule has 82 valence electrons. The summed E-state index contributed by atoms with van der Waals surface area (Å²) in [5.74, 6) is 0.279. The monoisotopic (exact) mass is 199 g/mol. The van der Waals surface area contributed by atoms with Gasteiger partial charge in [0, 0.05) is 19.6 Å². The topological polar surface area (TPSA) is 35.6 Å². The highest BCUT2D eigenvalue weighted by molar-refractivity contribution is 5.78. The summed E-state index contributed by atoms with van der Waals surface area (Å²) in [6, 6.07) is 0. The Morgan fingerprint density at radius 1 is 1.43 bits per heavy atom. The lowest BCUT2D eigenvalue weighted by Gasteiger charge is -2.20. The zero-order chi connectivity index (χ0) is 10.4. The minimum absolute atomic E-state index is 0.279. The molecule has 0 aromatic rings. The second-order valence-corrected chi connectivity index (χ2v) is 3.93. The van der Waals surface area contributed by atoms with E-state index in [4.69, 9.17) is 0 Å². The number of hydrogen-bond donors (Lipinski definition) is 1. The minimum atomic E-state index is 0.279. The molecule has 1 N–H and O–H groups in total. The number of amides is 1. The van der Waals surface area contributed by atoms with Gasteiger partial charge in [-0.05, 0) is 33.5 Å². The molecular weight excluding hydrogens is 178 g/mol. The van der Waals surface area contributed by atoms with Gasteiger partial charge in [0.2, 0.25) is 5.91 Å². The van der Waals surface area contributed by atoms with Crippen molar-refractivity contribution in [3.63, 3.8) is 0 Å². The SMILES string of the molecule is CNCCCN1CCCN(C)CC1=O. The first-order valence-electron chi connectivity index (χ1n) is 5.35. The first-order chi connectivity index (χ1) is 6.74. The number of carbonyl (C=O) groups excluding carboxylic acids is 1. The third kappa shape index (κ3) is 3.64. The van der Waals surface area contributed by atoms with Crippen molar-refractivity contribution in [3.8, 4) is 0 Å². The van der Waals surface area contributed by atoms with Crippen molar-refractivity contribution in [2.75, 3.05) is 46.8 Å². The van der Waals surface area contributed by atoms with Crippen LogP contribution in [0.2, 0.25) is 0 Å². The van der Waals surface area contributed by atoms with E-state index in [1.165, 1.54) is 0 Å². The highest BCUT2D eigenvalue weighted by Crippen LogP contribution is 2.02. The second kappa shape index (κ2) is 5.98. The normalized spacial score (nSPS) is 19.9. The van der Waals surface area contributed by atoms with E-state index < -0.39 is 0 Å². The van der Waals surface area contributed by atoms with Gasteiger partial charge in [-0.1, -0.05) is 0 Å². The third-order valence-corrected chi connectivity index (χ3v) is 2.58. The van der Waals surface area contributed by atoms with Crippen LogP contribution in [-0.2, 0) is 4.79 Å². The molecule has 1 aliphatic heterocycles. The van der Waals surface area contributed by atoms with E-state index in [9.17, 15) is 4.79 Å². The van der Waals surface area contributed by atoms with Crippen LogP contribution < -0.4 is 5.32 Å². The quantitative estimate of drug-likeness (QED) is 0.635. The highest BCUT2D eigenvalue weighted by atomic mass is 16.2. The Bertz CT molecular complexity index is 184. The molecule has 0 aromatic heterocycles. The molecule has 0 atom stereocenters. The largest absolute Gasteiger partial charge is 0.341 e. The Labute approximate surface area is 86.2 Å². The van der Waals surface area contributed by atoms with E-state index in [2.05, 4.69) is 10.2 Å². The molecule has 0 bridgehead atoms. The van der Waals surface area contributed by atoms with Crippen molar-refractivity contribution in [1.29, 1.82) is 0 Å². The fraction of sp³-hybridized carbons (Fsp3) is 0.900. The van der Waals surface area contributed by atoms with E-state index in [0.29, 0.717) is 6.54 Å². The van der Waals surface area contributed by atoms with Crippen LogP contribution in [0.4, 0.5) is 0 Å². The van der Waals surface area contributed by atoms with Gasteiger partial charge in [0.15, 0.2) is 0 Å². The van der Waals surface area contributed by atoms with Crippen molar-refractivity contribution in [3.05, 3.63) is 0 Å². The maximum Gasteiger partial charge on any atom is 0.236 e. The summed E-state index contributed by atoms with van der Waals surface area (Å²) >= 11 is 0. The molecule has 1 amide bonds. The lowest BCUT2D eigenvalue weighted by molar-refractivity contribution is -0.131. The highest BCUT2D eigenvalue weighted by Gasteiger charge is 2.18. The zero-order valence-corrected chi connectivity index (χ0v) is 9.25. The molecule has 1 rings (SSSR count). The molecule has 1 saturated heterocycles. The number of nitrogens with one attached hydrogen (secondary N) is 1. The van der Waals surface area contributed by atoms with Gasteiger partial charge in [-0.15, -0.1) is 0 Å². The van der Waals surface area contributed by atoms with E-state index in [1.807, 2.05) is 19.0 Å². The van der Waals surface area contributed by atoms with Gasteiger partial charge in [-0.25, -0.2) is 0 Å². The first-order valence-corrected chi connectivity index (χ1v) is 5.35. The van der Waals surface area contributed by atoms with Gasteiger partial charge in [-0.3, -0.25) is 9.69 Å². The molecule has 1 aliphatic rings. The van der Waals surface area contributed by atoms with Gasteiger partial charge in [0.05, 0.1) is 6.54 Å². The van der Waals surface area contributed by atoms with Crippen LogP contribution in [0.1, 0.15) is 12.8 Å². The predicted octanol–water partition coefficient (Wildman–Crippen LogP) is -0.240. The lowest BCUT2D eigenvalue weighted by Crippen LogP contribution is -2.36. The number of likely N-dealkylation sites (N-methyl/N-ethyl adjacent to an activating group) is 1. The molecular formula is C10H21N3O. The summed E-state index contributed by atoms with van der Waals surface area (Å²) in [4.78, 5) is 15.8. The van der Waals surface area contributed by atoms with Crippen molar-refractivity contribution < 1.29 is 4.79 Å². The summed E-state index contributed by atoms with van der Waals surface area (Å²) in [5.41, 5.74) is 0. The van der Waals surface area contributed by atoms with Crippen molar-refractivity contribution >= 4 is 5.91 Å². The van der Waals surface area contributed by atoms with Crippen molar-refractivity contribution in [1.82, 2.24) is 15.1 Å². The van der Waals surface area contributed by atoms with E-state index in [-0.39, 0.29) is 5.91 Å². The summed E-state index contributed by atoms with van der Waals surface area (Å²) in [5, 5.41) is 3.10. The van der Waals surface area contributed by atoms with Crippen LogP contribution in [0.3, 0.4) is 0 Å². The smallest absolute Gasteiger partial charge is 0.236 e. The fourth-order valence-corrected chi connectivity index (χ4v) is 1.75. The number of nitrogens with zero attached hydrogens (tertiary/aromatic N) is 2. The molecule has 0 unspecified atom stereocenters. The average Bonchev–Trinajstić information content (AvgIpc) is 2.29. The predicted molar refractivity (Wildman–Crippen MR) is 57.2 cm³/mol. The van der Waals surface area contributed by atoms with Crippen LogP contribution >= 0.6 is 0 Å². The average molecular weight is 199 g/mol. The summed E-state index contributed by atoms with van der Waals surface area (Å²) in [6.45, 7) is 4.42. The second-order valence-electron chi connectivity index (χ2n) is 3.93. The fourth-order valence-electron chi connectivity index (χ4n) is 1.75. The summed E-state index contributed by atoms with van der Waals surface area (Å²) in [7, 11) is 3.95. The van der Waals surface area contributed by atoms with Crippen LogP contribution in [0.5, 0.6) is 0 Å². The van der Waals surface area contributed by atoms with Gasteiger partial charge < -0.3 is 10.2 Å². The van der Waals surface area contributed by atoms with Crippen LogP contribution in [0.15, 0.2) is 0 Å². The Morgan fingerprint density at radius 3 is 2.93 bits per heavy atom. The molecule has 0 aliphatic carbocycles. The molecule has 1 fully saturated rings. The van der Waals surface area contributed by atoms with E-state index in [1.54, 1.807) is 0 Å². The summed E-state index contributed by atoms with van der Waals surface area (Å²) in [6.07, 6.45) is 2.15. The molecule has 4 heteroatoms. The molecule has 1 heterocycles. The standard InChI is InChI=1S/C10H21N3O/c1-11-5-3-7-13-8-4-6-12(2)9-10(13)14/h11H,3-9H2,1-2H3. The number of rotatable bonds is 4. The van der Waals surface area contributed by atoms with E-state index in [0.717, 1.165) is 39.0 Å². The molecule has 0 spiro atoms. The number of hydrogen-bond acceptors (Lipinski definition) is 3. The molecule has 14 heavy (non-hydrogen) atoms. The van der Waals surface area contributed by atoms with Gasteiger partial charge in [0.1, 0.15) is 0 Å². The Balaban J connectivity index is 2.31. The van der Waals surface area contributed by atoms with E-state index >= 15 is 0 Å².